The largest absolute Gasteiger partial charge is 0.323 e. The number of hydrogen-bond donors (Lipinski definition) is 1. The number of thioether (sulfide) groups is 1. The summed E-state index contributed by atoms with van der Waals surface area (Å²) in [5.41, 5.74) is 8.96. The summed E-state index contributed by atoms with van der Waals surface area (Å²) in [4.78, 5) is 0. The fourth-order valence-corrected chi connectivity index (χ4v) is 4.32. The first kappa shape index (κ1) is 14.0. The van der Waals surface area contributed by atoms with Crippen LogP contribution in [0, 0.1) is 12.8 Å². The van der Waals surface area contributed by atoms with E-state index in [0.29, 0.717) is 0 Å². The minimum absolute atomic E-state index is 0.188. The molecule has 0 aliphatic heterocycles. The highest BCUT2D eigenvalue weighted by Gasteiger charge is 2.20. The molecule has 1 aliphatic rings. The van der Waals surface area contributed by atoms with Crippen LogP contribution in [-0.4, -0.2) is 11.0 Å². The van der Waals surface area contributed by atoms with Crippen LogP contribution in [0.15, 0.2) is 24.3 Å². The van der Waals surface area contributed by atoms with Gasteiger partial charge in [0, 0.05) is 17.0 Å². The molecule has 3 unspecified atom stereocenters. The van der Waals surface area contributed by atoms with Crippen LogP contribution in [0.3, 0.4) is 0 Å². The van der Waals surface area contributed by atoms with Crippen LogP contribution in [-0.2, 0) is 0 Å². The molecule has 1 saturated carbocycles. The van der Waals surface area contributed by atoms with Gasteiger partial charge in [-0.05, 0) is 36.8 Å². The molecule has 0 bridgehead atoms. The van der Waals surface area contributed by atoms with Crippen molar-refractivity contribution in [1.29, 1.82) is 0 Å². The van der Waals surface area contributed by atoms with Gasteiger partial charge in [0.2, 0.25) is 0 Å². The van der Waals surface area contributed by atoms with Crippen molar-refractivity contribution >= 4 is 11.8 Å². The summed E-state index contributed by atoms with van der Waals surface area (Å²) in [5, 5.41) is 0.837. The highest BCUT2D eigenvalue weighted by Crippen LogP contribution is 2.33. The first-order valence-electron chi connectivity index (χ1n) is 7.09. The molecule has 2 heteroatoms. The monoisotopic (exact) mass is 263 g/mol. The zero-order chi connectivity index (χ0) is 13.0. The maximum atomic E-state index is 6.33. The Morgan fingerprint density at radius 2 is 2.11 bits per heavy atom. The van der Waals surface area contributed by atoms with Crippen molar-refractivity contribution < 1.29 is 0 Å². The number of aryl methyl sites for hydroxylation is 1. The average Bonchev–Trinajstić information content (AvgIpc) is 2.37. The first-order valence-corrected chi connectivity index (χ1v) is 8.14. The van der Waals surface area contributed by atoms with Gasteiger partial charge >= 0.3 is 0 Å². The van der Waals surface area contributed by atoms with Crippen LogP contribution in [0.4, 0.5) is 0 Å². The molecule has 18 heavy (non-hydrogen) atoms. The van der Waals surface area contributed by atoms with E-state index in [1.807, 2.05) is 0 Å². The summed E-state index contributed by atoms with van der Waals surface area (Å²) < 4.78 is 0. The molecule has 0 amide bonds. The van der Waals surface area contributed by atoms with Gasteiger partial charge in [-0.1, -0.05) is 44.0 Å². The predicted molar refractivity (Wildman–Crippen MR) is 82.0 cm³/mol. The zero-order valence-electron chi connectivity index (χ0n) is 11.6. The molecule has 0 spiro atoms. The van der Waals surface area contributed by atoms with Crippen LogP contribution < -0.4 is 5.73 Å². The van der Waals surface area contributed by atoms with Crippen LogP contribution in [0.1, 0.15) is 49.8 Å². The number of benzene rings is 1. The lowest BCUT2D eigenvalue weighted by molar-refractivity contribution is 0.394. The molecule has 3 atom stereocenters. The molecule has 0 saturated heterocycles. The van der Waals surface area contributed by atoms with E-state index in [1.165, 1.54) is 36.8 Å². The average molecular weight is 263 g/mol. The molecule has 0 aromatic heterocycles. The van der Waals surface area contributed by atoms with Gasteiger partial charge in [-0.25, -0.2) is 0 Å². The van der Waals surface area contributed by atoms with Crippen LogP contribution in [0.25, 0.3) is 0 Å². The number of hydrogen-bond acceptors (Lipinski definition) is 2. The van der Waals surface area contributed by atoms with Gasteiger partial charge in [0.1, 0.15) is 0 Å². The SMILES string of the molecule is Cc1ccccc1C(N)CSC1CCCC(C)C1. The fourth-order valence-electron chi connectivity index (χ4n) is 2.86. The Labute approximate surface area is 116 Å². The molecule has 100 valence electrons. The lowest BCUT2D eigenvalue weighted by Gasteiger charge is -2.27. The molecule has 1 aromatic carbocycles. The van der Waals surface area contributed by atoms with E-state index < -0.39 is 0 Å². The van der Waals surface area contributed by atoms with Gasteiger partial charge in [0.25, 0.3) is 0 Å². The summed E-state index contributed by atoms with van der Waals surface area (Å²) >= 11 is 2.09. The van der Waals surface area contributed by atoms with E-state index in [1.54, 1.807) is 0 Å². The molecule has 1 aromatic rings. The Kier molecular flexibility index (Phi) is 5.13. The topological polar surface area (TPSA) is 26.0 Å². The van der Waals surface area contributed by atoms with E-state index in [4.69, 9.17) is 5.73 Å². The van der Waals surface area contributed by atoms with E-state index in [0.717, 1.165) is 16.9 Å². The smallest absolute Gasteiger partial charge is 0.0389 e. The molecular weight excluding hydrogens is 238 g/mol. The van der Waals surface area contributed by atoms with Gasteiger partial charge in [-0.2, -0.15) is 11.8 Å². The van der Waals surface area contributed by atoms with Crippen LogP contribution >= 0.6 is 11.8 Å². The maximum absolute atomic E-state index is 6.33. The third-order valence-electron chi connectivity index (χ3n) is 3.99. The third-order valence-corrected chi connectivity index (χ3v) is 5.44. The van der Waals surface area contributed by atoms with E-state index >= 15 is 0 Å². The summed E-state index contributed by atoms with van der Waals surface area (Å²) in [6, 6.07) is 8.69. The standard InChI is InChI=1S/C16H25NS/c1-12-6-5-8-14(10-12)18-11-16(17)15-9-4-3-7-13(15)2/h3-4,7,9,12,14,16H,5-6,8,10-11,17H2,1-2H3. The fraction of sp³-hybridized carbons (Fsp3) is 0.625. The lowest BCUT2D eigenvalue weighted by Crippen LogP contribution is -2.20. The van der Waals surface area contributed by atoms with Gasteiger partial charge in [-0.15, -0.1) is 0 Å². The molecular formula is C16H25NS. The Balaban J connectivity index is 1.84. The Morgan fingerprint density at radius 1 is 1.33 bits per heavy atom. The van der Waals surface area contributed by atoms with Crippen molar-refractivity contribution in [2.24, 2.45) is 11.7 Å². The van der Waals surface area contributed by atoms with Crippen molar-refractivity contribution in [3.8, 4) is 0 Å². The third kappa shape index (κ3) is 3.76. The van der Waals surface area contributed by atoms with Crippen molar-refractivity contribution in [3.05, 3.63) is 35.4 Å². The van der Waals surface area contributed by atoms with Gasteiger partial charge in [0.05, 0.1) is 0 Å². The Morgan fingerprint density at radius 3 is 2.83 bits per heavy atom. The predicted octanol–water partition coefficient (Wildman–Crippen LogP) is 4.31. The normalized spacial score (nSPS) is 25.9. The Bertz CT molecular complexity index is 377. The maximum Gasteiger partial charge on any atom is 0.0389 e. The first-order chi connectivity index (χ1) is 8.66. The van der Waals surface area contributed by atoms with Crippen LogP contribution in [0.2, 0.25) is 0 Å². The second-order valence-electron chi connectivity index (χ2n) is 5.69. The second-order valence-corrected chi connectivity index (χ2v) is 7.02. The van der Waals surface area contributed by atoms with Crippen molar-refractivity contribution in [3.63, 3.8) is 0 Å². The molecule has 2 N–H and O–H groups in total. The molecule has 1 aliphatic carbocycles. The molecule has 0 heterocycles. The molecule has 1 nitrogen and oxygen atoms in total. The lowest BCUT2D eigenvalue weighted by atomic mass is 9.91. The van der Waals surface area contributed by atoms with E-state index in [2.05, 4.69) is 49.9 Å². The van der Waals surface area contributed by atoms with Crippen molar-refractivity contribution in [2.45, 2.75) is 50.8 Å². The number of rotatable bonds is 4. The Hall–Kier alpha value is -0.470. The minimum Gasteiger partial charge on any atom is -0.323 e. The van der Waals surface area contributed by atoms with Gasteiger partial charge < -0.3 is 5.73 Å². The molecule has 0 radical (unpaired) electrons. The summed E-state index contributed by atoms with van der Waals surface area (Å²) in [6.07, 6.45) is 5.58. The zero-order valence-corrected chi connectivity index (χ0v) is 12.4. The van der Waals surface area contributed by atoms with Gasteiger partial charge in [0.15, 0.2) is 0 Å². The summed E-state index contributed by atoms with van der Waals surface area (Å²) in [6.45, 7) is 4.54. The van der Waals surface area contributed by atoms with Crippen molar-refractivity contribution in [1.82, 2.24) is 0 Å². The highest BCUT2D eigenvalue weighted by molar-refractivity contribution is 7.99. The second kappa shape index (κ2) is 6.63. The van der Waals surface area contributed by atoms with E-state index in [-0.39, 0.29) is 6.04 Å². The van der Waals surface area contributed by atoms with Gasteiger partial charge in [-0.3, -0.25) is 0 Å². The minimum atomic E-state index is 0.188. The van der Waals surface area contributed by atoms with Crippen LogP contribution in [0.5, 0.6) is 0 Å². The molecule has 1 fully saturated rings. The quantitative estimate of drug-likeness (QED) is 0.876. The highest BCUT2D eigenvalue weighted by atomic mass is 32.2. The number of nitrogens with two attached hydrogens (primary N) is 1. The summed E-state index contributed by atoms with van der Waals surface area (Å²) in [5.74, 6) is 1.97. The molecule has 2 rings (SSSR count). The van der Waals surface area contributed by atoms with E-state index in [9.17, 15) is 0 Å². The summed E-state index contributed by atoms with van der Waals surface area (Å²) in [7, 11) is 0. The van der Waals surface area contributed by atoms with Crippen molar-refractivity contribution in [2.75, 3.05) is 5.75 Å².